The summed E-state index contributed by atoms with van der Waals surface area (Å²) in [5, 5.41) is 11.5. The van der Waals surface area contributed by atoms with E-state index < -0.39 is 26.4 Å². The van der Waals surface area contributed by atoms with Crippen LogP contribution in [-0.2, 0) is 14.6 Å². The Morgan fingerprint density at radius 3 is 2.72 bits per heavy atom. The van der Waals surface area contributed by atoms with Crippen molar-refractivity contribution in [1.82, 2.24) is 4.90 Å². The zero-order chi connectivity index (χ0) is 18.4. The lowest BCUT2D eigenvalue weighted by atomic mass is 10.00. The van der Waals surface area contributed by atoms with Crippen molar-refractivity contribution in [2.75, 3.05) is 25.0 Å². The summed E-state index contributed by atoms with van der Waals surface area (Å²) < 4.78 is 49.0. The molecule has 1 aliphatic heterocycles. The van der Waals surface area contributed by atoms with Crippen molar-refractivity contribution < 1.29 is 27.1 Å². The largest absolute Gasteiger partial charge is 0.396 e. The fourth-order valence-electron chi connectivity index (χ4n) is 3.03. The molecule has 1 unspecified atom stereocenters. The van der Waals surface area contributed by atoms with Gasteiger partial charge in [-0.2, -0.15) is 8.78 Å². The first kappa shape index (κ1) is 19.7. The lowest BCUT2D eigenvalue weighted by Crippen LogP contribution is -2.44. The van der Waals surface area contributed by atoms with Crippen LogP contribution in [0.3, 0.4) is 0 Å². The highest BCUT2D eigenvalue weighted by molar-refractivity contribution is 7.91. The first-order valence-corrected chi connectivity index (χ1v) is 9.66. The minimum absolute atomic E-state index is 0.0216. The first-order valence-electron chi connectivity index (χ1n) is 8.12. The van der Waals surface area contributed by atoms with E-state index in [0.29, 0.717) is 13.0 Å². The molecule has 140 valence electrons. The molecular formula is C16H22F2N2O4S. The average Bonchev–Trinajstić information content (AvgIpc) is 2.57. The monoisotopic (exact) mass is 376 g/mol. The third kappa shape index (κ3) is 4.96. The number of halogens is 2. The Morgan fingerprint density at radius 2 is 2.04 bits per heavy atom. The second kappa shape index (κ2) is 8.68. The van der Waals surface area contributed by atoms with E-state index in [-0.39, 0.29) is 24.9 Å². The number of piperidine rings is 1. The van der Waals surface area contributed by atoms with Crippen LogP contribution in [0.1, 0.15) is 25.7 Å². The van der Waals surface area contributed by atoms with Gasteiger partial charge in [-0.3, -0.25) is 9.69 Å². The smallest absolute Gasteiger partial charge is 0.341 e. The van der Waals surface area contributed by atoms with Gasteiger partial charge in [0.2, 0.25) is 15.7 Å². The maximum absolute atomic E-state index is 12.8. The van der Waals surface area contributed by atoms with Crippen LogP contribution in [0.15, 0.2) is 29.2 Å². The van der Waals surface area contributed by atoms with Crippen LogP contribution < -0.4 is 5.32 Å². The molecular weight excluding hydrogens is 354 g/mol. The number of nitrogens with one attached hydrogen (secondary N) is 1. The topological polar surface area (TPSA) is 86.7 Å². The predicted octanol–water partition coefficient (Wildman–Crippen LogP) is 1.86. The van der Waals surface area contributed by atoms with E-state index in [9.17, 15) is 22.0 Å². The Balaban J connectivity index is 2.11. The number of amides is 1. The van der Waals surface area contributed by atoms with Gasteiger partial charge < -0.3 is 10.4 Å². The number of carbonyl (C=O) groups is 1. The van der Waals surface area contributed by atoms with Gasteiger partial charge >= 0.3 is 5.76 Å². The summed E-state index contributed by atoms with van der Waals surface area (Å²) in [6.07, 6.45) is 3.40. The molecule has 0 bridgehead atoms. The predicted molar refractivity (Wildman–Crippen MR) is 89.2 cm³/mol. The summed E-state index contributed by atoms with van der Waals surface area (Å²) in [7, 11) is -4.80. The van der Waals surface area contributed by atoms with Crippen LogP contribution in [0.5, 0.6) is 0 Å². The van der Waals surface area contributed by atoms with Crippen molar-refractivity contribution in [1.29, 1.82) is 0 Å². The third-order valence-corrected chi connectivity index (χ3v) is 5.70. The van der Waals surface area contributed by atoms with Crippen molar-refractivity contribution in [3.05, 3.63) is 24.3 Å². The van der Waals surface area contributed by atoms with Crippen LogP contribution in [0.25, 0.3) is 0 Å². The van der Waals surface area contributed by atoms with Crippen molar-refractivity contribution in [3.8, 4) is 0 Å². The molecule has 0 radical (unpaired) electrons. The van der Waals surface area contributed by atoms with Gasteiger partial charge in [-0.15, -0.1) is 0 Å². The summed E-state index contributed by atoms with van der Waals surface area (Å²) in [4.78, 5) is 13.6. The average molecular weight is 376 g/mol. The highest BCUT2D eigenvalue weighted by Crippen LogP contribution is 2.26. The second-order valence-electron chi connectivity index (χ2n) is 5.98. The fraction of sp³-hybridized carbons (Fsp3) is 0.562. The van der Waals surface area contributed by atoms with Gasteiger partial charge in [-0.25, -0.2) is 8.42 Å². The molecule has 2 rings (SSSR count). The number of hydrogen-bond acceptors (Lipinski definition) is 5. The van der Waals surface area contributed by atoms with Crippen LogP contribution in [0, 0.1) is 0 Å². The zero-order valence-electron chi connectivity index (χ0n) is 13.7. The minimum atomic E-state index is -4.80. The highest BCUT2D eigenvalue weighted by Gasteiger charge is 2.30. The van der Waals surface area contributed by atoms with Crippen LogP contribution in [-0.4, -0.2) is 55.8 Å². The number of rotatable bonds is 7. The molecule has 0 aliphatic carbocycles. The van der Waals surface area contributed by atoms with Crippen molar-refractivity contribution in [2.24, 2.45) is 0 Å². The Hall–Kier alpha value is -1.58. The number of sulfone groups is 1. The maximum Gasteiger partial charge on any atom is 0.341 e. The maximum atomic E-state index is 12.8. The molecule has 0 aromatic heterocycles. The van der Waals surface area contributed by atoms with Gasteiger partial charge in [-0.05, 0) is 37.9 Å². The van der Waals surface area contributed by atoms with Gasteiger partial charge in [0.05, 0.1) is 17.1 Å². The van der Waals surface area contributed by atoms with E-state index >= 15 is 0 Å². The molecule has 1 fully saturated rings. The van der Waals surface area contributed by atoms with Gasteiger partial charge in [0, 0.05) is 12.6 Å². The number of alkyl halides is 2. The number of benzene rings is 1. The van der Waals surface area contributed by atoms with E-state index in [1.54, 1.807) is 0 Å². The van der Waals surface area contributed by atoms with Crippen LogP contribution >= 0.6 is 0 Å². The Labute approximate surface area is 145 Å². The number of para-hydroxylation sites is 1. The fourth-order valence-corrected chi connectivity index (χ4v) is 3.92. The number of anilines is 1. The highest BCUT2D eigenvalue weighted by atomic mass is 32.2. The second-order valence-corrected chi connectivity index (χ2v) is 7.87. The third-order valence-electron chi connectivity index (χ3n) is 4.26. The standard InChI is InChI=1S/C16H22F2N2O4S/c17-16(18)25(23,24)14-7-2-1-6-13(14)19-15(22)11-20-9-4-3-5-12(20)8-10-21/h1-2,6-7,12,16,21H,3-5,8-11H2,(H,19,22). The molecule has 1 amide bonds. The quantitative estimate of drug-likeness (QED) is 0.759. The van der Waals surface area contributed by atoms with E-state index in [0.717, 1.165) is 25.3 Å². The summed E-state index contributed by atoms with van der Waals surface area (Å²) in [5.74, 6) is -4.02. The number of likely N-dealkylation sites (tertiary alicyclic amines) is 1. The molecule has 2 N–H and O–H groups in total. The summed E-state index contributed by atoms with van der Waals surface area (Å²) >= 11 is 0. The molecule has 1 aromatic carbocycles. The van der Waals surface area contributed by atoms with Gasteiger partial charge in [0.25, 0.3) is 0 Å². The Kier molecular flexibility index (Phi) is 6.86. The molecule has 1 aliphatic rings. The van der Waals surface area contributed by atoms with Gasteiger partial charge in [0.1, 0.15) is 0 Å². The SMILES string of the molecule is O=C(CN1CCCCC1CCO)Nc1ccccc1S(=O)(=O)C(F)F. The molecule has 0 spiro atoms. The molecule has 6 nitrogen and oxygen atoms in total. The number of carbonyl (C=O) groups excluding carboxylic acids is 1. The molecule has 1 atom stereocenters. The summed E-state index contributed by atoms with van der Waals surface area (Å²) in [6.45, 7) is 0.751. The van der Waals surface area contributed by atoms with Crippen LogP contribution in [0.4, 0.5) is 14.5 Å². The molecule has 9 heteroatoms. The number of aliphatic hydroxyl groups is 1. The zero-order valence-corrected chi connectivity index (χ0v) is 14.5. The van der Waals surface area contributed by atoms with Crippen molar-refractivity contribution >= 4 is 21.4 Å². The first-order chi connectivity index (χ1) is 11.9. The number of hydrogen-bond donors (Lipinski definition) is 2. The lowest BCUT2D eigenvalue weighted by Gasteiger charge is -2.34. The van der Waals surface area contributed by atoms with Crippen molar-refractivity contribution in [3.63, 3.8) is 0 Å². The normalized spacial score (nSPS) is 19.1. The summed E-state index contributed by atoms with van der Waals surface area (Å²) in [6, 6.07) is 5.22. The summed E-state index contributed by atoms with van der Waals surface area (Å²) in [5.41, 5.74) is -0.150. The minimum Gasteiger partial charge on any atom is -0.396 e. The number of nitrogens with zero attached hydrogens (tertiary/aromatic N) is 1. The van der Waals surface area contributed by atoms with Gasteiger partial charge in [-0.1, -0.05) is 18.6 Å². The van der Waals surface area contributed by atoms with E-state index in [4.69, 9.17) is 5.11 Å². The molecule has 25 heavy (non-hydrogen) atoms. The van der Waals surface area contributed by atoms with E-state index in [1.807, 2.05) is 4.90 Å². The lowest BCUT2D eigenvalue weighted by molar-refractivity contribution is -0.118. The van der Waals surface area contributed by atoms with Crippen molar-refractivity contribution in [2.45, 2.75) is 42.4 Å². The molecule has 1 heterocycles. The number of aliphatic hydroxyl groups excluding tert-OH is 1. The molecule has 0 saturated carbocycles. The Bertz CT molecular complexity index is 695. The molecule has 1 saturated heterocycles. The molecule has 1 aromatic rings. The van der Waals surface area contributed by atoms with E-state index in [1.165, 1.54) is 18.2 Å². The Morgan fingerprint density at radius 1 is 1.32 bits per heavy atom. The van der Waals surface area contributed by atoms with Crippen LogP contribution in [0.2, 0.25) is 0 Å². The van der Waals surface area contributed by atoms with E-state index in [2.05, 4.69) is 5.32 Å². The van der Waals surface area contributed by atoms with Gasteiger partial charge in [0.15, 0.2) is 0 Å².